The van der Waals surface area contributed by atoms with Crippen LogP contribution in [-0.2, 0) is 14.3 Å². The minimum absolute atomic E-state index is 0.0279. The highest BCUT2D eigenvalue weighted by atomic mass is 32.2. The van der Waals surface area contributed by atoms with Gasteiger partial charge in [-0.1, -0.05) is 32.4 Å². The van der Waals surface area contributed by atoms with E-state index in [0.717, 1.165) is 18.2 Å². The maximum atomic E-state index is 13.4. The molecule has 1 N–H and O–H groups in total. The van der Waals surface area contributed by atoms with E-state index in [4.69, 9.17) is 4.74 Å². The van der Waals surface area contributed by atoms with E-state index in [1.807, 2.05) is 13.8 Å². The lowest BCUT2D eigenvalue weighted by Crippen LogP contribution is -2.46. The summed E-state index contributed by atoms with van der Waals surface area (Å²) in [5, 5.41) is 2.65. The lowest BCUT2D eigenvalue weighted by Gasteiger charge is -2.21. The molecule has 0 aliphatic rings. The molecule has 2 unspecified atom stereocenters. The van der Waals surface area contributed by atoms with Gasteiger partial charge in [0.25, 0.3) is 0 Å². The quantitative estimate of drug-likeness (QED) is 0.621. The van der Waals surface area contributed by atoms with Gasteiger partial charge in [-0.25, -0.2) is 9.18 Å². The van der Waals surface area contributed by atoms with Crippen LogP contribution in [-0.4, -0.2) is 30.8 Å². The Kier molecular flexibility index (Phi) is 7.22. The van der Waals surface area contributed by atoms with Crippen LogP contribution in [0.3, 0.4) is 0 Å². The van der Waals surface area contributed by atoms with Gasteiger partial charge in [-0.2, -0.15) is 0 Å². The summed E-state index contributed by atoms with van der Waals surface area (Å²) in [6, 6.07) is 5.58. The van der Waals surface area contributed by atoms with Crippen LogP contribution in [0.1, 0.15) is 20.3 Å². The molecule has 0 heterocycles. The molecule has 4 nitrogen and oxygen atoms in total. The maximum absolute atomic E-state index is 13.4. The summed E-state index contributed by atoms with van der Waals surface area (Å²) in [4.78, 5) is 24.0. The van der Waals surface area contributed by atoms with Crippen molar-refractivity contribution in [3.63, 3.8) is 0 Å². The van der Waals surface area contributed by atoms with Crippen LogP contribution < -0.4 is 5.32 Å². The first-order chi connectivity index (χ1) is 9.99. The van der Waals surface area contributed by atoms with Gasteiger partial charge in [0, 0.05) is 4.90 Å². The van der Waals surface area contributed by atoms with Crippen molar-refractivity contribution in [2.24, 2.45) is 5.92 Å². The van der Waals surface area contributed by atoms with E-state index in [2.05, 4.69) is 5.32 Å². The van der Waals surface area contributed by atoms with E-state index in [1.165, 1.54) is 13.2 Å². The maximum Gasteiger partial charge on any atom is 0.328 e. The minimum Gasteiger partial charge on any atom is -0.467 e. The Balaban J connectivity index is 2.58. The Bertz CT molecular complexity index is 496. The van der Waals surface area contributed by atoms with E-state index in [0.29, 0.717) is 4.90 Å². The number of ether oxygens (including phenoxy) is 1. The molecular weight excluding hydrogens is 293 g/mol. The van der Waals surface area contributed by atoms with Gasteiger partial charge in [-0.05, 0) is 18.1 Å². The third-order valence-electron chi connectivity index (χ3n) is 3.18. The van der Waals surface area contributed by atoms with Crippen LogP contribution in [0.2, 0.25) is 0 Å². The first kappa shape index (κ1) is 17.5. The van der Waals surface area contributed by atoms with Gasteiger partial charge in [0.15, 0.2) is 0 Å². The van der Waals surface area contributed by atoms with E-state index in [9.17, 15) is 14.0 Å². The summed E-state index contributed by atoms with van der Waals surface area (Å²) < 4.78 is 18.1. The number of halogens is 1. The van der Waals surface area contributed by atoms with Gasteiger partial charge in [-0.3, -0.25) is 4.79 Å². The highest BCUT2D eigenvalue weighted by molar-refractivity contribution is 8.00. The first-order valence-corrected chi connectivity index (χ1v) is 7.72. The van der Waals surface area contributed by atoms with Crippen LogP contribution in [0.5, 0.6) is 0 Å². The lowest BCUT2D eigenvalue weighted by molar-refractivity contribution is -0.146. The molecule has 0 aromatic heterocycles. The summed E-state index contributed by atoms with van der Waals surface area (Å²) in [5.74, 6) is -1.13. The summed E-state index contributed by atoms with van der Waals surface area (Å²) in [6.07, 6.45) is 0.737. The van der Waals surface area contributed by atoms with E-state index < -0.39 is 12.0 Å². The zero-order valence-electron chi connectivity index (χ0n) is 12.4. The molecule has 2 atom stereocenters. The predicted octanol–water partition coefficient (Wildman–Crippen LogP) is 2.62. The predicted molar refractivity (Wildman–Crippen MR) is 80.5 cm³/mol. The molecule has 6 heteroatoms. The van der Waals surface area contributed by atoms with Gasteiger partial charge < -0.3 is 10.1 Å². The number of rotatable bonds is 7. The molecule has 0 fully saturated rings. The Morgan fingerprint density at radius 1 is 1.38 bits per heavy atom. The van der Waals surface area contributed by atoms with E-state index in [1.54, 1.807) is 18.2 Å². The Morgan fingerprint density at radius 3 is 2.62 bits per heavy atom. The van der Waals surface area contributed by atoms with Crippen molar-refractivity contribution in [1.29, 1.82) is 0 Å². The summed E-state index contributed by atoms with van der Waals surface area (Å²) in [7, 11) is 1.29. The lowest BCUT2D eigenvalue weighted by atomic mass is 9.99. The van der Waals surface area contributed by atoms with Crippen LogP contribution >= 0.6 is 11.8 Å². The average molecular weight is 313 g/mol. The van der Waals surface area contributed by atoms with Crippen molar-refractivity contribution in [1.82, 2.24) is 5.32 Å². The van der Waals surface area contributed by atoms with Crippen molar-refractivity contribution in [2.45, 2.75) is 31.2 Å². The monoisotopic (exact) mass is 313 g/mol. The number of esters is 1. The highest BCUT2D eigenvalue weighted by Gasteiger charge is 2.26. The van der Waals surface area contributed by atoms with Crippen molar-refractivity contribution in [3.05, 3.63) is 30.1 Å². The second kappa shape index (κ2) is 8.67. The number of carbonyl (C=O) groups is 2. The molecule has 0 radical (unpaired) electrons. The zero-order chi connectivity index (χ0) is 15.8. The molecule has 0 spiro atoms. The summed E-state index contributed by atoms with van der Waals surface area (Å²) >= 11 is 1.10. The summed E-state index contributed by atoms with van der Waals surface area (Å²) in [5.41, 5.74) is 0. The Labute approximate surface area is 128 Å². The van der Waals surface area contributed by atoms with E-state index in [-0.39, 0.29) is 23.4 Å². The van der Waals surface area contributed by atoms with Crippen LogP contribution in [0, 0.1) is 11.7 Å². The fourth-order valence-corrected chi connectivity index (χ4v) is 2.47. The molecule has 0 aliphatic heterocycles. The molecule has 0 saturated heterocycles. The third-order valence-corrected chi connectivity index (χ3v) is 4.23. The zero-order valence-corrected chi connectivity index (χ0v) is 13.2. The number of amides is 1. The smallest absolute Gasteiger partial charge is 0.328 e. The molecule has 1 aromatic carbocycles. The van der Waals surface area contributed by atoms with Crippen LogP contribution in [0.25, 0.3) is 0 Å². The highest BCUT2D eigenvalue weighted by Crippen LogP contribution is 2.21. The number of carbonyl (C=O) groups excluding carboxylic acids is 2. The number of thioether (sulfide) groups is 1. The van der Waals surface area contributed by atoms with Crippen molar-refractivity contribution < 1.29 is 18.7 Å². The van der Waals surface area contributed by atoms with Crippen LogP contribution in [0.4, 0.5) is 4.39 Å². The fourth-order valence-electron chi connectivity index (χ4n) is 1.72. The Morgan fingerprint density at radius 2 is 2.05 bits per heavy atom. The van der Waals surface area contributed by atoms with Gasteiger partial charge in [-0.15, -0.1) is 11.8 Å². The third kappa shape index (κ3) is 5.38. The molecular formula is C15H20FNO3S. The largest absolute Gasteiger partial charge is 0.467 e. The van der Waals surface area contributed by atoms with Crippen molar-refractivity contribution in [2.75, 3.05) is 12.9 Å². The van der Waals surface area contributed by atoms with Crippen LogP contribution in [0.15, 0.2) is 29.2 Å². The Hall–Kier alpha value is -1.56. The number of hydrogen-bond donors (Lipinski definition) is 1. The summed E-state index contributed by atoms with van der Waals surface area (Å²) in [6.45, 7) is 3.80. The fraction of sp³-hybridized carbons (Fsp3) is 0.467. The molecule has 116 valence electrons. The second-order valence-electron chi connectivity index (χ2n) is 4.67. The molecule has 0 bridgehead atoms. The van der Waals surface area contributed by atoms with Gasteiger partial charge >= 0.3 is 5.97 Å². The van der Waals surface area contributed by atoms with Gasteiger partial charge in [0.05, 0.1) is 12.9 Å². The van der Waals surface area contributed by atoms with Gasteiger partial charge in [0.2, 0.25) is 5.91 Å². The number of benzene rings is 1. The molecule has 0 saturated carbocycles. The molecule has 1 aromatic rings. The SMILES string of the molecule is CCC(C)C(NC(=O)CSc1ccccc1F)C(=O)OC. The first-order valence-electron chi connectivity index (χ1n) is 6.74. The average Bonchev–Trinajstić information content (AvgIpc) is 2.50. The number of hydrogen-bond acceptors (Lipinski definition) is 4. The second-order valence-corrected chi connectivity index (χ2v) is 5.69. The molecule has 1 rings (SSSR count). The van der Waals surface area contributed by atoms with Gasteiger partial charge in [0.1, 0.15) is 11.9 Å². The molecule has 21 heavy (non-hydrogen) atoms. The van der Waals surface area contributed by atoms with Crippen molar-refractivity contribution in [3.8, 4) is 0 Å². The standard InChI is InChI=1S/C15H20FNO3S/c1-4-10(2)14(15(19)20-3)17-13(18)9-21-12-8-6-5-7-11(12)16/h5-8,10,14H,4,9H2,1-3H3,(H,17,18). The number of nitrogens with one attached hydrogen (secondary N) is 1. The minimum atomic E-state index is -0.672. The molecule has 1 amide bonds. The van der Waals surface area contributed by atoms with Crippen molar-refractivity contribution >= 4 is 23.6 Å². The van der Waals surface area contributed by atoms with E-state index >= 15 is 0 Å². The number of methoxy groups -OCH3 is 1. The molecule has 0 aliphatic carbocycles. The topological polar surface area (TPSA) is 55.4 Å². The normalized spacial score (nSPS) is 13.3.